The average Bonchev–Trinajstić information content (AvgIpc) is 2.48. The van der Waals surface area contributed by atoms with Crippen LogP contribution in [0.5, 0.6) is 0 Å². The van der Waals surface area contributed by atoms with Crippen molar-refractivity contribution in [2.24, 2.45) is 0 Å². The van der Waals surface area contributed by atoms with Crippen molar-refractivity contribution >= 4 is 5.97 Å². The molecule has 0 saturated carbocycles. The van der Waals surface area contributed by atoms with E-state index < -0.39 is 5.97 Å². The Morgan fingerprint density at radius 2 is 1.90 bits per heavy atom. The minimum absolute atomic E-state index is 0.325. The van der Waals surface area contributed by atoms with Gasteiger partial charge in [0.15, 0.2) is 0 Å². The summed E-state index contributed by atoms with van der Waals surface area (Å²) in [5, 5.41) is 9.37. The number of carbonyl (C=O) groups is 1. The van der Waals surface area contributed by atoms with Crippen molar-refractivity contribution in [2.45, 2.75) is 31.6 Å². The Hall–Kier alpha value is -2.09. The lowest BCUT2D eigenvalue weighted by Crippen LogP contribution is -2.19. The second-order valence-corrected chi connectivity index (χ2v) is 5.43. The Bertz CT molecular complexity index is 617. The standard InChI is InChI=1S/C18H18O2/c19-18(20)17-11-5-9-15-14(8-4-10-16(15)17)12-13-6-2-1-3-7-13/h1-4,6-8,10,17H,5,9,11-12H2,(H,19,20). The Labute approximate surface area is 119 Å². The van der Waals surface area contributed by atoms with E-state index in [1.54, 1.807) is 0 Å². The van der Waals surface area contributed by atoms with Gasteiger partial charge in [-0.05, 0) is 47.9 Å². The fourth-order valence-corrected chi connectivity index (χ4v) is 3.16. The molecule has 1 aliphatic carbocycles. The van der Waals surface area contributed by atoms with Crippen molar-refractivity contribution in [2.75, 3.05) is 0 Å². The second kappa shape index (κ2) is 5.49. The van der Waals surface area contributed by atoms with Gasteiger partial charge >= 0.3 is 5.97 Å². The van der Waals surface area contributed by atoms with Gasteiger partial charge in [-0.2, -0.15) is 0 Å². The van der Waals surface area contributed by atoms with E-state index in [2.05, 4.69) is 18.2 Å². The van der Waals surface area contributed by atoms with Gasteiger partial charge in [-0.15, -0.1) is 0 Å². The predicted molar refractivity (Wildman–Crippen MR) is 79.0 cm³/mol. The molecule has 2 heteroatoms. The zero-order valence-corrected chi connectivity index (χ0v) is 11.4. The molecule has 0 amide bonds. The number of benzene rings is 2. The van der Waals surface area contributed by atoms with Crippen LogP contribution in [0.25, 0.3) is 0 Å². The van der Waals surface area contributed by atoms with Crippen LogP contribution >= 0.6 is 0 Å². The number of rotatable bonds is 3. The van der Waals surface area contributed by atoms with Gasteiger partial charge in [-0.25, -0.2) is 0 Å². The van der Waals surface area contributed by atoms with Gasteiger partial charge in [-0.1, -0.05) is 48.5 Å². The minimum Gasteiger partial charge on any atom is -0.481 e. The van der Waals surface area contributed by atoms with Crippen LogP contribution in [0, 0.1) is 0 Å². The van der Waals surface area contributed by atoms with Gasteiger partial charge in [0, 0.05) is 0 Å². The van der Waals surface area contributed by atoms with Crippen LogP contribution in [0.4, 0.5) is 0 Å². The first-order valence-electron chi connectivity index (χ1n) is 7.13. The van der Waals surface area contributed by atoms with E-state index in [9.17, 15) is 9.90 Å². The smallest absolute Gasteiger partial charge is 0.310 e. The third kappa shape index (κ3) is 2.46. The monoisotopic (exact) mass is 266 g/mol. The first-order chi connectivity index (χ1) is 9.75. The van der Waals surface area contributed by atoms with Crippen molar-refractivity contribution < 1.29 is 9.90 Å². The highest BCUT2D eigenvalue weighted by Gasteiger charge is 2.27. The van der Waals surface area contributed by atoms with E-state index in [0.717, 1.165) is 31.2 Å². The van der Waals surface area contributed by atoms with E-state index in [1.807, 2.05) is 30.3 Å². The summed E-state index contributed by atoms with van der Waals surface area (Å²) in [5.41, 5.74) is 4.84. The third-order valence-corrected chi connectivity index (χ3v) is 4.14. The molecule has 2 nitrogen and oxygen atoms in total. The van der Waals surface area contributed by atoms with Crippen LogP contribution in [-0.4, -0.2) is 11.1 Å². The maximum atomic E-state index is 11.4. The Balaban J connectivity index is 1.97. The number of hydrogen-bond donors (Lipinski definition) is 1. The van der Waals surface area contributed by atoms with Gasteiger partial charge in [0.25, 0.3) is 0 Å². The molecule has 0 spiro atoms. The molecule has 1 N–H and O–H groups in total. The van der Waals surface area contributed by atoms with Crippen LogP contribution in [0.2, 0.25) is 0 Å². The maximum absolute atomic E-state index is 11.4. The SMILES string of the molecule is O=C(O)C1CCCc2c(Cc3ccccc3)cccc21. The third-order valence-electron chi connectivity index (χ3n) is 4.14. The van der Waals surface area contributed by atoms with Crippen molar-refractivity contribution in [3.63, 3.8) is 0 Å². The van der Waals surface area contributed by atoms with Crippen molar-refractivity contribution in [3.8, 4) is 0 Å². The van der Waals surface area contributed by atoms with Crippen LogP contribution < -0.4 is 0 Å². The Kier molecular flexibility index (Phi) is 3.55. The first kappa shape index (κ1) is 12.9. The molecular formula is C18H18O2. The van der Waals surface area contributed by atoms with Gasteiger partial charge in [-0.3, -0.25) is 4.79 Å². The Morgan fingerprint density at radius 3 is 2.65 bits per heavy atom. The highest BCUT2D eigenvalue weighted by atomic mass is 16.4. The summed E-state index contributed by atoms with van der Waals surface area (Å²) in [7, 11) is 0. The molecule has 0 radical (unpaired) electrons. The summed E-state index contributed by atoms with van der Waals surface area (Å²) in [4.78, 5) is 11.4. The molecule has 0 heterocycles. The van der Waals surface area contributed by atoms with E-state index in [0.29, 0.717) is 0 Å². The zero-order valence-electron chi connectivity index (χ0n) is 11.4. The van der Waals surface area contributed by atoms with Crippen LogP contribution in [0.15, 0.2) is 48.5 Å². The molecule has 2 aromatic rings. The van der Waals surface area contributed by atoms with Gasteiger partial charge in [0.2, 0.25) is 0 Å². The van der Waals surface area contributed by atoms with Gasteiger partial charge in [0.05, 0.1) is 5.92 Å². The fourth-order valence-electron chi connectivity index (χ4n) is 3.16. The topological polar surface area (TPSA) is 37.3 Å². The van der Waals surface area contributed by atoms with Gasteiger partial charge < -0.3 is 5.11 Å². The summed E-state index contributed by atoms with van der Waals surface area (Å²) in [5.74, 6) is -1.02. The van der Waals surface area contributed by atoms with E-state index in [4.69, 9.17) is 0 Å². The molecule has 1 unspecified atom stereocenters. The maximum Gasteiger partial charge on any atom is 0.310 e. The molecule has 0 aliphatic heterocycles. The quantitative estimate of drug-likeness (QED) is 0.918. The summed E-state index contributed by atoms with van der Waals surface area (Å²) in [6.07, 6.45) is 3.62. The molecule has 102 valence electrons. The number of aliphatic carboxylic acids is 1. The molecule has 0 bridgehead atoms. The molecule has 0 saturated heterocycles. The average molecular weight is 266 g/mol. The van der Waals surface area contributed by atoms with Crippen LogP contribution in [-0.2, 0) is 17.6 Å². The molecule has 1 aliphatic rings. The first-order valence-corrected chi connectivity index (χ1v) is 7.13. The van der Waals surface area contributed by atoms with E-state index in [-0.39, 0.29) is 5.92 Å². The highest BCUT2D eigenvalue weighted by Crippen LogP contribution is 2.34. The zero-order chi connectivity index (χ0) is 13.9. The molecule has 3 rings (SSSR count). The fraction of sp³-hybridized carbons (Fsp3) is 0.278. The highest BCUT2D eigenvalue weighted by molar-refractivity contribution is 5.77. The Morgan fingerprint density at radius 1 is 1.10 bits per heavy atom. The molecule has 1 atom stereocenters. The van der Waals surface area contributed by atoms with Crippen LogP contribution in [0.1, 0.15) is 41.0 Å². The molecule has 2 aromatic carbocycles. The normalized spacial score (nSPS) is 17.5. The number of carboxylic acid groups (broad SMARTS) is 1. The number of carboxylic acids is 1. The van der Waals surface area contributed by atoms with Crippen LogP contribution in [0.3, 0.4) is 0 Å². The molecule has 0 aromatic heterocycles. The summed E-state index contributed by atoms with van der Waals surface area (Å²) < 4.78 is 0. The lowest BCUT2D eigenvalue weighted by atomic mass is 9.80. The van der Waals surface area contributed by atoms with E-state index >= 15 is 0 Å². The molecular weight excluding hydrogens is 248 g/mol. The largest absolute Gasteiger partial charge is 0.481 e. The number of hydrogen-bond acceptors (Lipinski definition) is 1. The predicted octanol–water partition coefficient (Wildman–Crippen LogP) is 3.78. The van der Waals surface area contributed by atoms with Crippen molar-refractivity contribution in [1.82, 2.24) is 0 Å². The van der Waals surface area contributed by atoms with Gasteiger partial charge in [0.1, 0.15) is 0 Å². The van der Waals surface area contributed by atoms with E-state index in [1.165, 1.54) is 16.7 Å². The second-order valence-electron chi connectivity index (χ2n) is 5.43. The lowest BCUT2D eigenvalue weighted by Gasteiger charge is -2.24. The molecule has 0 fully saturated rings. The van der Waals surface area contributed by atoms with Crippen molar-refractivity contribution in [1.29, 1.82) is 0 Å². The molecule has 20 heavy (non-hydrogen) atoms. The van der Waals surface area contributed by atoms with Crippen molar-refractivity contribution in [3.05, 3.63) is 70.8 Å². The minimum atomic E-state index is -0.692. The lowest BCUT2D eigenvalue weighted by molar-refractivity contribution is -0.139. The summed E-state index contributed by atoms with van der Waals surface area (Å²) >= 11 is 0. The summed E-state index contributed by atoms with van der Waals surface area (Å²) in [6.45, 7) is 0. The number of fused-ring (bicyclic) bond motifs is 1. The summed E-state index contributed by atoms with van der Waals surface area (Å²) in [6, 6.07) is 16.5.